The van der Waals surface area contributed by atoms with E-state index in [2.05, 4.69) is 10.6 Å². The summed E-state index contributed by atoms with van der Waals surface area (Å²) >= 11 is 1.68. The minimum atomic E-state index is -0.292. The quantitative estimate of drug-likeness (QED) is 0.863. The molecule has 2 amide bonds. The molecule has 0 radical (unpaired) electrons. The molecule has 2 aliphatic rings. The van der Waals surface area contributed by atoms with Gasteiger partial charge in [-0.15, -0.1) is 11.8 Å². The van der Waals surface area contributed by atoms with E-state index in [1.165, 1.54) is 12.1 Å². The van der Waals surface area contributed by atoms with Crippen LogP contribution in [0.2, 0.25) is 0 Å². The van der Waals surface area contributed by atoms with Gasteiger partial charge in [0.15, 0.2) is 17.6 Å². The number of amides is 2. The summed E-state index contributed by atoms with van der Waals surface area (Å²) in [5.74, 6) is 2.00. The first-order valence-corrected chi connectivity index (χ1v) is 9.53. The number of benzene rings is 2. The molecule has 5 nitrogen and oxygen atoms in total. The van der Waals surface area contributed by atoms with Crippen molar-refractivity contribution in [3.63, 3.8) is 0 Å². The molecule has 2 aromatic rings. The smallest absolute Gasteiger partial charge is 0.315 e. The number of thioether (sulfide) groups is 1. The van der Waals surface area contributed by atoms with Crippen LogP contribution in [0.5, 0.6) is 11.5 Å². The summed E-state index contributed by atoms with van der Waals surface area (Å²) in [4.78, 5) is 13.3. The van der Waals surface area contributed by atoms with E-state index in [4.69, 9.17) is 9.47 Å². The first kappa shape index (κ1) is 17.0. The number of ether oxygens (including phenoxy) is 2. The van der Waals surface area contributed by atoms with Crippen LogP contribution < -0.4 is 20.1 Å². The first-order valence-electron chi connectivity index (χ1n) is 8.54. The molecule has 2 aromatic carbocycles. The Morgan fingerprint density at radius 2 is 2.08 bits per heavy atom. The van der Waals surface area contributed by atoms with E-state index in [9.17, 15) is 9.18 Å². The van der Waals surface area contributed by atoms with Crippen molar-refractivity contribution in [2.45, 2.75) is 23.5 Å². The number of hydrogen-bond acceptors (Lipinski definition) is 4. The molecule has 4 rings (SSSR count). The summed E-state index contributed by atoms with van der Waals surface area (Å²) in [5, 5.41) is 5.75. The van der Waals surface area contributed by atoms with Gasteiger partial charge in [0.1, 0.15) is 12.4 Å². The Bertz CT molecular complexity index is 817. The van der Waals surface area contributed by atoms with Crippen LogP contribution in [0.4, 0.5) is 9.18 Å². The van der Waals surface area contributed by atoms with E-state index in [1.54, 1.807) is 17.8 Å². The van der Waals surface area contributed by atoms with Crippen LogP contribution in [0.25, 0.3) is 0 Å². The maximum atomic E-state index is 13.5. The molecule has 2 unspecified atom stereocenters. The summed E-state index contributed by atoms with van der Waals surface area (Å²) < 4.78 is 25.0. The summed E-state index contributed by atoms with van der Waals surface area (Å²) in [6, 6.07) is 11.7. The van der Waals surface area contributed by atoms with Crippen LogP contribution in [0.3, 0.4) is 0 Å². The molecular formula is C19H19FN2O3S. The maximum Gasteiger partial charge on any atom is 0.315 e. The zero-order chi connectivity index (χ0) is 17.9. The lowest BCUT2D eigenvalue weighted by Crippen LogP contribution is -2.45. The number of nitrogens with one attached hydrogen (secondary N) is 2. The van der Waals surface area contributed by atoms with E-state index in [0.29, 0.717) is 24.7 Å². The molecule has 0 saturated heterocycles. The molecule has 0 spiro atoms. The monoisotopic (exact) mass is 374 g/mol. The molecule has 0 bridgehead atoms. The van der Waals surface area contributed by atoms with Crippen LogP contribution in [-0.4, -0.2) is 31.0 Å². The molecule has 0 aliphatic carbocycles. The SMILES string of the molecule is O=C(NCC1COc2ccccc2O1)NC1CCSc2ccc(F)cc21. The van der Waals surface area contributed by atoms with Crippen LogP contribution in [-0.2, 0) is 0 Å². The number of fused-ring (bicyclic) bond motifs is 2. The summed E-state index contributed by atoms with van der Waals surface area (Å²) in [6.07, 6.45) is 0.521. The lowest BCUT2D eigenvalue weighted by Gasteiger charge is -2.28. The van der Waals surface area contributed by atoms with Gasteiger partial charge in [-0.3, -0.25) is 0 Å². The van der Waals surface area contributed by atoms with Crippen LogP contribution in [0, 0.1) is 5.82 Å². The fourth-order valence-electron chi connectivity index (χ4n) is 3.09. The molecule has 2 atom stereocenters. The fourth-order valence-corrected chi connectivity index (χ4v) is 4.20. The number of para-hydroxylation sites is 2. The van der Waals surface area contributed by atoms with Crippen molar-refractivity contribution in [1.82, 2.24) is 10.6 Å². The Labute approximate surface area is 155 Å². The van der Waals surface area contributed by atoms with Gasteiger partial charge < -0.3 is 20.1 Å². The lowest BCUT2D eigenvalue weighted by atomic mass is 10.0. The Morgan fingerprint density at radius 1 is 1.23 bits per heavy atom. The van der Waals surface area contributed by atoms with Gasteiger partial charge in [-0.2, -0.15) is 0 Å². The molecule has 26 heavy (non-hydrogen) atoms. The fraction of sp³-hybridized carbons (Fsp3) is 0.316. The van der Waals surface area contributed by atoms with E-state index in [-0.39, 0.29) is 24.0 Å². The number of carbonyl (C=O) groups is 1. The molecule has 136 valence electrons. The number of urea groups is 1. The topological polar surface area (TPSA) is 59.6 Å². The number of hydrogen-bond donors (Lipinski definition) is 2. The van der Waals surface area contributed by atoms with Gasteiger partial charge >= 0.3 is 6.03 Å². The lowest BCUT2D eigenvalue weighted by molar-refractivity contribution is 0.0917. The summed E-state index contributed by atoms with van der Waals surface area (Å²) in [5.41, 5.74) is 0.836. The van der Waals surface area contributed by atoms with Crippen molar-refractivity contribution in [2.75, 3.05) is 18.9 Å². The van der Waals surface area contributed by atoms with Gasteiger partial charge in [0.25, 0.3) is 0 Å². The van der Waals surface area contributed by atoms with Gasteiger partial charge in [-0.25, -0.2) is 9.18 Å². The molecule has 7 heteroatoms. The first-order chi connectivity index (χ1) is 12.7. The molecule has 0 fully saturated rings. The summed E-state index contributed by atoms with van der Waals surface area (Å²) in [7, 11) is 0. The standard InChI is InChI=1S/C19H19FN2O3S/c20-12-5-6-18-14(9-12)15(7-8-26-18)22-19(23)21-10-13-11-24-16-3-1-2-4-17(16)25-13/h1-6,9,13,15H,7-8,10-11H2,(H2,21,22,23). The molecule has 0 aromatic heterocycles. The normalized spacial score (nSPS) is 20.8. The van der Waals surface area contributed by atoms with Gasteiger partial charge in [0.2, 0.25) is 0 Å². The van der Waals surface area contributed by atoms with E-state index in [1.807, 2.05) is 24.3 Å². The Morgan fingerprint density at radius 3 is 2.96 bits per heavy atom. The number of halogens is 1. The van der Waals surface area contributed by atoms with Gasteiger partial charge in [-0.05, 0) is 42.3 Å². The average Bonchev–Trinajstić information content (AvgIpc) is 2.67. The molecule has 2 aliphatic heterocycles. The van der Waals surface area contributed by atoms with Gasteiger partial charge in [0, 0.05) is 10.6 Å². The number of carbonyl (C=O) groups excluding carboxylic acids is 1. The Balaban J connectivity index is 1.32. The third-order valence-electron chi connectivity index (χ3n) is 4.37. The Kier molecular flexibility index (Phi) is 4.88. The molecule has 2 N–H and O–H groups in total. The van der Waals surface area contributed by atoms with Gasteiger partial charge in [0.05, 0.1) is 12.6 Å². The van der Waals surface area contributed by atoms with Crippen molar-refractivity contribution >= 4 is 17.8 Å². The zero-order valence-corrected chi connectivity index (χ0v) is 14.9. The second-order valence-electron chi connectivity index (χ2n) is 6.22. The van der Waals surface area contributed by atoms with Crippen molar-refractivity contribution < 1.29 is 18.7 Å². The third-order valence-corrected chi connectivity index (χ3v) is 5.50. The summed E-state index contributed by atoms with van der Waals surface area (Å²) in [6.45, 7) is 0.711. The van der Waals surface area contributed by atoms with Crippen molar-refractivity contribution in [2.24, 2.45) is 0 Å². The average molecular weight is 374 g/mol. The van der Waals surface area contributed by atoms with Crippen LogP contribution in [0.1, 0.15) is 18.0 Å². The second-order valence-corrected chi connectivity index (χ2v) is 7.36. The number of rotatable bonds is 3. The molecular weight excluding hydrogens is 355 g/mol. The minimum absolute atomic E-state index is 0.189. The predicted octanol–water partition coefficient (Wildman–Crippen LogP) is 3.50. The largest absolute Gasteiger partial charge is 0.486 e. The highest BCUT2D eigenvalue weighted by Gasteiger charge is 2.24. The highest BCUT2D eigenvalue weighted by atomic mass is 32.2. The van der Waals surface area contributed by atoms with Crippen molar-refractivity contribution in [3.05, 3.63) is 53.8 Å². The van der Waals surface area contributed by atoms with Crippen molar-refractivity contribution in [1.29, 1.82) is 0 Å². The zero-order valence-electron chi connectivity index (χ0n) is 14.0. The van der Waals surface area contributed by atoms with Crippen LogP contribution >= 0.6 is 11.8 Å². The third kappa shape index (κ3) is 3.72. The van der Waals surface area contributed by atoms with E-state index < -0.39 is 0 Å². The maximum absolute atomic E-state index is 13.5. The van der Waals surface area contributed by atoms with E-state index in [0.717, 1.165) is 22.6 Å². The Hall–Kier alpha value is -2.41. The minimum Gasteiger partial charge on any atom is -0.486 e. The molecule has 0 saturated carbocycles. The predicted molar refractivity (Wildman–Crippen MR) is 97.4 cm³/mol. The van der Waals surface area contributed by atoms with Crippen molar-refractivity contribution in [3.8, 4) is 11.5 Å². The highest BCUT2D eigenvalue weighted by molar-refractivity contribution is 7.99. The van der Waals surface area contributed by atoms with Gasteiger partial charge in [-0.1, -0.05) is 12.1 Å². The highest BCUT2D eigenvalue weighted by Crippen LogP contribution is 2.36. The molecule has 2 heterocycles. The second kappa shape index (κ2) is 7.45. The van der Waals surface area contributed by atoms with Crippen LogP contribution in [0.15, 0.2) is 47.4 Å². The van der Waals surface area contributed by atoms with E-state index >= 15 is 0 Å².